The van der Waals surface area contributed by atoms with Gasteiger partial charge in [0.1, 0.15) is 0 Å². The molecule has 0 atom stereocenters. The van der Waals surface area contributed by atoms with E-state index in [-0.39, 0.29) is 68.8 Å². The first-order chi connectivity index (χ1) is 8.66. The fourth-order valence-corrected chi connectivity index (χ4v) is 0. The van der Waals surface area contributed by atoms with E-state index in [0.29, 0.717) is 0 Å². The van der Waals surface area contributed by atoms with E-state index in [2.05, 4.69) is 0 Å². The molecule has 0 unspecified atom stereocenters. The van der Waals surface area contributed by atoms with E-state index in [1.165, 1.54) is 0 Å². The molecule has 1 radical (unpaired) electrons. The van der Waals surface area contributed by atoms with Crippen molar-refractivity contribution >= 4 is 0 Å². The summed E-state index contributed by atoms with van der Waals surface area (Å²) in [4.78, 5) is 41.2. The molecule has 26 nitrogen and oxygen atoms in total. The Labute approximate surface area is 171 Å². The van der Waals surface area contributed by atoms with E-state index in [0.717, 1.165) is 0 Å². The Balaban J connectivity index is -0.00000000852. The predicted molar refractivity (Wildman–Crippen MR) is 73.5 cm³/mol. The maximum atomic E-state index is 8.25. The summed E-state index contributed by atoms with van der Waals surface area (Å²) in [5.74, 6) is 0. The van der Waals surface area contributed by atoms with Crippen LogP contribution in [0.2, 0.25) is 0 Å². The third-order valence-corrected chi connectivity index (χ3v) is 0. The summed E-state index contributed by atoms with van der Waals surface area (Å²) in [6.45, 7) is 0. The molecule has 0 amide bonds. The first-order valence-electron chi connectivity index (χ1n) is 2.74. The summed E-state index contributed by atoms with van der Waals surface area (Å²) >= 11 is 0. The molecule has 0 rings (SSSR count). The van der Waals surface area contributed by atoms with E-state index >= 15 is 0 Å². The van der Waals surface area contributed by atoms with Crippen molar-refractivity contribution in [2.45, 2.75) is 0 Å². The van der Waals surface area contributed by atoms with E-state index in [1.807, 2.05) is 0 Å². The molecule has 0 aromatic carbocycles. The van der Waals surface area contributed by atoms with Gasteiger partial charge in [0.2, 0.25) is 0 Å². The molecule has 28 heavy (non-hydrogen) atoms. The van der Waals surface area contributed by atoms with Crippen LogP contribution < -0.4 is 0 Å². The zero-order chi connectivity index (χ0) is 17.9. The van der Waals surface area contributed by atoms with E-state index in [9.17, 15) is 0 Å². The van der Waals surface area contributed by atoms with Gasteiger partial charge >= 0.3 is 36.0 Å². The summed E-state index contributed by atoms with van der Waals surface area (Å²) in [5.41, 5.74) is 0. The molecule has 0 aliphatic heterocycles. The Kier molecular flexibility index (Phi) is 318. The average molecular weight is 578 g/mol. The Hall–Kier alpha value is -3.12. The summed E-state index contributed by atoms with van der Waals surface area (Å²) in [5, 5.41) is 73.8. The first-order valence-corrected chi connectivity index (χ1v) is 2.74. The zero-order valence-corrected chi connectivity index (χ0v) is 14.8. The monoisotopic (exact) mass is 578 g/mol. The van der Waals surface area contributed by atoms with Crippen molar-refractivity contribution in [3.8, 4) is 0 Å². The normalized spacial score (nSPS) is 4.29. The van der Waals surface area contributed by atoms with Gasteiger partial charge in [-0.25, -0.2) is 0 Å². The van der Waals surface area contributed by atoms with Crippen LogP contribution in [0.1, 0.15) is 0 Å². The Morgan fingerprint density at radius 1 is 0.321 bits per heavy atom. The Bertz CT molecular complexity index is 216. The molecule has 0 bridgehead atoms. The largest absolute Gasteiger partial charge is 3.00 e. The average Bonchev–Trinajstić information content (AvgIpc) is 1.94. The van der Waals surface area contributed by atoms with Crippen molar-refractivity contribution in [3.63, 3.8) is 0 Å². The SMILES string of the molecule is O.O.O.O.O.O.O=[N+]([O-])[O-].O=[N+]([O-])[O-].O=[N+]([O-])[O-].O=[N+]([O-])[O-].O=[N+]([O-])[O-].[Ni+2].[Ru+3]. The van der Waals surface area contributed by atoms with Crippen LogP contribution in [0.15, 0.2) is 0 Å². The second-order valence-corrected chi connectivity index (χ2v) is 1.12. The number of rotatable bonds is 0. The van der Waals surface area contributed by atoms with Crippen molar-refractivity contribution in [2.24, 2.45) is 0 Å². The van der Waals surface area contributed by atoms with Gasteiger partial charge in [0.05, 0.1) is 25.4 Å². The second kappa shape index (κ2) is 88.6. The van der Waals surface area contributed by atoms with Crippen LogP contribution in [-0.2, 0) is 36.0 Å². The smallest absolute Gasteiger partial charge is 0.412 e. The van der Waals surface area contributed by atoms with Crippen LogP contribution in [0.3, 0.4) is 0 Å². The quantitative estimate of drug-likeness (QED) is 0.147. The molecule has 0 heterocycles. The molecule has 0 aromatic heterocycles. The van der Waals surface area contributed by atoms with Gasteiger partial charge in [0, 0.05) is 0 Å². The van der Waals surface area contributed by atoms with Gasteiger partial charge in [-0.05, 0) is 0 Å². The molecule has 0 aromatic rings. The van der Waals surface area contributed by atoms with Gasteiger partial charge in [0.25, 0.3) is 0 Å². The second-order valence-electron chi connectivity index (χ2n) is 1.12. The van der Waals surface area contributed by atoms with Crippen molar-refractivity contribution < 1.29 is 94.3 Å². The molecular formula is H12N5NiO21Ru. The third-order valence-electron chi connectivity index (χ3n) is 0. The summed E-state index contributed by atoms with van der Waals surface area (Å²) in [6.07, 6.45) is 0. The van der Waals surface area contributed by atoms with Crippen molar-refractivity contribution in [1.82, 2.24) is 0 Å². The van der Waals surface area contributed by atoms with Crippen LogP contribution in [-0.4, -0.2) is 58.3 Å². The fourth-order valence-electron chi connectivity index (χ4n) is 0. The minimum atomic E-state index is -1.75. The molecule has 28 heteroatoms. The third kappa shape index (κ3) is 1120. The van der Waals surface area contributed by atoms with Crippen molar-refractivity contribution in [3.05, 3.63) is 76.6 Å². The fraction of sp³-hybridized carbons (Fsp3) is 0. The molecule has 0 aliphatic carbocycles. The van der Waals surface area contributed by atoms with Crippen LogP contribution in [0.4, 0.5) is 0 Å². The molecule has 181 valence electrons. The molecule has 0 spiro atoms. The summed E-state index contributed by atoms with van der Waals surface area (Å²) in [6, 6.07) is 0. The minimum Gasteiger partial charge on any atom is -0.412 e. The summed E-state index contributed by atoms with van der Waals surface area (Å²) < 4.78 is 0. The van der Waals surface area contributed by atoms with Crippen molar-refractivity contribution in [1.29, 1.82) is 0 Å². The van der Waals surface area contributed by atoms with Crippen LogP contribution in [0, 0.1) is 76.6 Å². The number of hydrogen-bond donors (Lipinski definition) is 0. The Morgan fingerprint density at radius 2 is 0.321 bits per heavy atom. The predicted octanol–water partition coefficient (Wildman–Crippen LogP) is -6.15. The standard InChI is InChI=1S/5NO3.Ni.6H2O.Ru/c5*2-1(3)4;;;;;;;;/h;;;;;;6*1H2;/q5*-1;+2;;;;;;;+3. The van der Waals surface area contributed by atoms with E-state index in [4.69, 9.17) is 76.6 Å². The maximum absolute atomic E-state index is 8.25. The van der Waals surface area contributed by atoms with Gasteiger partial charge in [0.15, 0.2) is 0 Å². The minimum absolute atomic E-state index is 0. The van der Waals surface area contributed by atoms with Crippen LogP contribution in [0.5, 0.6) is 0 Å². The summed E-state index contributed by atoms with van der Waals surface area (Å²) in [7, 11) is 0. The number of hydrogen-bond acceptors (Lipinski definition) is 15. The van der Waals surface area contributed by atoms with Gasteiger partial charge < -0.3 is 109 Å². The van der Waals surface area contributed by atoms with Gasteiger partial charge in [-0.1, -0.05) is 0 Å². The molecule has 0 fully saturated rings. The van der Waals surface area contributed by atoms with Crippen LogP contribution >= 0.6 is 0 Å². The molecular weight excluding hydrogens is 566 g/mol. The maximum Gasteiger partial charge on any atom is 3.00 e. The first kappa shape index (κ1) is 101. The van der Waals surface area contributed by atoms with E-state index < -0.39 is 25.4 Å². The van der Waals surface area contributed by atoms with Gasteiger partial charge in [-0.15, -0.1) is 0 Å². The molecule has 0 saturated heterocycles. The van der Waals surface area contributed by atoms with Gasteiger partial charge in [-0.3, -0.25) is 0 Å². The van der Waals surface area contributed by atoms with Crippen molar-refractivity contribution in [2.75, 3.05) is 0 Å². The topological polar surface area (TPSA) is 520 Å². The van der Waals surface area contributed by atoms with Gasteiger partial charge in [-0.2, -0.15) is 0 Å². The zero-order valence-electron chi connectivity index (χ0n) is 12.0. The molecule has 0 saturated carbocycles. The number of nitrogens with zero attached hydrogens (tertiary/aromatic N) is 5. The Morgan fingerprint density at radius 3 is 0.321 bits per heavy atom. The van der Waals surface area contributed by atoms with Crippen LogP contribution in [0.25, 0.3) is 0 Å². The van der Waals surface area contributed by atoms with E-state index in [1.54, 1.807) is 0 Å². The molecule has 12 N–H and O–H groups in total. The molecule has 0 aliphatic rings.